The number of benzene rings is 3. The SMILES string of the molecule is O=C(CC[C@H](Nc1ncnc2cc(C(=O)N3CCCC3)c(Cl)cc12)c1nc2cc(Cl)ccc2[nH]1)OCc1ccccc1. The maximum atomic E-state index is 13.1. The minimum atomic E-state index is -0.441. The number of H-pyrrole nitrogens is 1. The van der Waals surface area contributed by atoms with E-state index >= 15 is 0 Å². The lowest BCUT2D eigenvalue weighted by Crippen LogP contribution is -2.27. The van der Waals surface area contributed by atoms with E-state index in [1.807, 2.05) is 41.3 Å². The van der Waals surface area contributed by atoms with E-state index in [1.165, 1.54) is 6.33 Å². The highest BCUT2D eigenvalue weighted by atomic mass is 35.5. The molecular weight excluding hydrogens is 575 g/mol. The number of halogens is 2. The number of aromatic amines is 1. The van der Waals surface area contributed by atoms with Gasteiger partial charge in [0.05, 0.1) is 33.2 Å². The Balaban J connectivity index is 1.27. The first-order chi connectivity index (χ1) is 20.4. The second kappa shape index (κ2) is 12.3. The van der Waals surface area contributed by atoms with Crippen molar-refractivity contribution in [3.63, 3.8) is 0 Å². The van der Waals surface area contributed by atoms with Crippen LogP contribution in [-0.4, -0.2) is 49.8 Å². The Morgan fingerprint density at radius 2 is 1.81 bits per heavy atom. The first kappa shape index (κ1) is 27.9. The molecule has 0 unspecified atom stereocenters. The topological polar surface area (TPSA) is 113 Å². The second-order valence-electron chi connectivity index (χ2n) is 10.2. The molecule has 3 heterocycles. The molecule has 0 radical (unpaired) electrons. The molecule has 1 fully saturated rings. The highest BCUT2D eigenvalue weighted by Gasteiger charge is 2.24. The molecule has 0 saturated carbocycles. The second-order valence-corrected chi connectivity index (χ2v) is 11.1. The molecule has 1 aliphatic rings. The van der Waals surface area contributed by atoms with E-state index in [2.05, 4.69) is 20.3 Å². The molecule has 1 saturated heterocycles. The van der Waals surface area contributed by atoms with Crippen molar-refractivity contribution in [2.45, 2.75) is 38.3 Å². The summed E-state index contributed by atoms with van der Waals surface area (Å²) in [6, 6.07) is 18.0. The Labute approximate surface area is 252 Å². The molecule has 2 aromatic heterocycles. The van der Waals surface area contributed by atoms with Gasteiger partial charge in [0.15, 0.2) is 0 Å². The lowest BCUT2D eigenvalue weighted by Gasteiger charge is -2.19. The number of ether oxygens (including phenoxy) is 1. The molecule has 0 aliphatic carbocycles. The van der Waals surface area contributed by atoms with Crippen LogP contribution in [0.4, 0.5) is 5.82 Å². The Hall–Kier alpha value is -4.21. The van der Waals surface area contributed by atoms with Crippen molar-refractivity contribution in [3.05, 3.63) is 94.0 Å². The molecule has 214 valence electrons. The summed E-state index contributed by atoms with van der Waals surface area (Å²) >= 11 is 12.8. The largest absolute Gasteiger partial charge is 0.461 e. The molecule has 1 atom stereocenters. The summed E-state index contributed by atoms with van der Waals surface area (Å²) in [5.74, 6) is 0.691. The molecule has 6 rings (SSSR count). The summed E-state index contributed by atoms with van der Waals surface area (Å²) in [7, 11) is 0. The zero-order valence-corrected chi connectivity index (χ0v) is 24.2. The zero-order valence-electron chi connectivity index (χ0n) is 22.6. The van der Waals surface area contributed by atoms with Gasteiger partial charge in [-0.2, -0.15) is 0 Å². The average molecular weight is 604 g/mol. The maximum Gasteiger partial charge on any atom is 0.306 e. The molecule has 42 heavy (non-hydrogen) atoms. The summed E-state index contributed by atoms with van der Waals surface area (Å²) < 4.78 is 5.51. The number of hydrogen-bond acceptors (Lipinski definition) is 7. The smallest absolute Gasteiger partial charge is 0.306 e. The number of carbonyl (C=O) groups is 2. The lowest BCUT2D eigenvalue weighted by atomic mass is 10.1. The lowest BCUT2D eigenvalue weighted by molar-refractivity contribution is -0.145. The fourth-order valence-corrected chi connectivity index (χ4v) is 5.54. The number of imidazole rings is 1. The van der Waals surface area contributed by atoms with Crippen molar-refractivity contribution >= 4 is 62.8 Å². The monoisotopic (exact) mass is 602 g/mol. The molecule has 9 nitrogen and oxygen atoms in total. The number of carbonyl (C=O) groups excluding carboxylic acids is 2. The first-order valence-electron chi connectivity index (χ1n) is 13.8. The number of rotatable bonds is 9. The molecule has 5 aromatic rings. The minimum Gasteiger partial charge on any atom is -0.461 e. The van der Waals surface area contributed by atoms with Crippen molar-refractivity contribution in [1.29, 1.82) is 0 Å². The predicted octanol–water partition coefficient (Wildman–Crippen LogP) is 6.73. The molecule has 1 aliphatic heterocycles. The molecule has 3 aromatic carbocycles. The first-order valence-corrected chi connectivity index (χ1v) is 14.5. The summed E-state index contributed by atoms with van der Waals surface area (Å²) in [4.78, 5) is 44.6. The third kappa shape index (κ3) is 6.17. The minimum absolute atomic E-state index is 0.0969. The highest BCUT2D eigenvalue weighted by Crippen LogP contribution is 2.32. The normalized spacial score (nSPS) is 13.9. The van der Waals surface area contributed by atoms with Gasteiger partial charge in [-0.25, -0.2) is 15.0 Å². The van der Waals surface area contributed by atoms with Crippen LogP contribution in [0, 0.1) is 0 Å². The van der Waals surface area contributed by atoms with E-state index < -0.39 is 6.04 Å². The number of esters is 1. The van der Waals surface area contributed by atoms with Crippen LogP contribution in [0.1, 0.15) is 53.5 Å². The van der Waals surface area contributed by atoms with Gasteiger partial charge in [-0.1, -0.05) is 53.5 Å². The van der Waals surface area contributed by atoms with E-state index in [9.17, 15) is 9.59 Å². The summed E-state index contributed by atoms with van der Waals surface area (Å²) in [6.07, 6.45) is 3.92. The fourth-order valence-electron chi connectivity index (χ4n) is 5.12. The summed E-state index contributed by atoms with van der Waals surface area (Å²) in [5, 5.41) is 4.99. The standard InChI is InChI=1S/C31H28Cl2N6O3/c32-20-8-9-24-27(14-20)38-30(36-24)25(10-11-28(40)42-17-19-6-2-1-3-7-19)37-29-22-15-23(33)21(16-26(22)34-18-35-29)31(41)39-12-4-5-13-39/h1-3,6-9,14-16,18,25H,4-5,10-13,17H2,(H,36,38)(H,34,35,37)/t25-/m0/s1. The molecule has 1 amide bonds. The van der Waals surface area contributed by atoms with Gasteiger partial charge in [0.1, 0.15) is 24.6 Å². The zero-order chi connectivity index (χ0) is 29.1. The number of hydrogen-bond donors (Lipinski definition) is 2. The van der Waals surface area contributed by atoms with Gasteiger partial charge in [-0.15, -0.1) is 0 Å². The molecule has 0 spiro atoms. The van der Waals surface area contributed by atoms with Gasteiger partial charge in [0.2, 0.25) is 0 Å². The Bertz CT molecular complexity index is 1750. The van der Waals surface area contributed by atoms with Crippen LogP contribution in [-0.2, 0) is 16.1 Å². The third-order valence-electron chi connectivity index (χ3n) is 7.33. The van der Waals surface area contributed by atoms with Gasteiger partial charge in [-0.05, 0) is 55.2 Å². The van der Waals surface area contributed by atoms with Crippen LogP contribution in [0.2, 0.25) is 10.0 Å². The quantitative estimate of drug-likeness (QED) is 0.180. The predicted molar refractivity (Wildman–Crippen MR) is 163 cm³/mol. The number of fused-ring (bicyclic) bond motifs is 2. The fraction of sp³-hybridized carbons (Fsp3) is 0.258. The number of amides is 1. The molecule has 11 heteroatoms. The van der Waals surface area contributed by atoms with Crippen molar-refractivity contribution in [3.8, 4) is 0 Å². The van der Waals surface area contributed by atoms with E-state index in [1.54, 1.807) is 24.3 Å². The van der Waals surface area contributed by atoms with Crippen LogP contribution in [0.15, 0.2) is 67.0 Å². The van der Waals surface area contributed by atoms with E-state index in [4.69, 9.17) is 32.9 Å². The summed E-state index contributed by atoms with van der Waals surface area (Å²) in [5.41, 5.74) is 3.44. The van der Waals surface area contributed by atoms with Gasteiger partial charge >= 0.3 is 5.97 Å². The highest BCUT2D eigenvalue weighted by molar-refractivity contribution is 6.35. The number of nitrogens with zero attached hydrogens (tertiary/aromatic N) is 4. The number of aromatic nitrogens is 4. The maximum absolute atomic E-state index is 13.1. The number of nitrogens with one attached hydrogen (secondary N) is 2. The third-order valence-corrected chi connectivity index (χ3v) is 7.88. The van der Waals surface area contributed by atoms with Crippen molar-refractivity contribution < 1.29 is 14.3 Å². The van der Waals surface area contributed by atoms with Gasteiger partial charge in [0.25, 0.3) is 5.91 Å². The van der Waals surface area contributed by atoms with Crippen LogP contribution in [0.5, 0.6) is 0 Å². The van der Waals surface area contributed by atoms with Gasteiger partial charge in [-0.3, -0.25) is 9.59 Å². The molecule has 2 N–H and O–H groups in total. The van der Waals surface area contributed by atoms with Crippen LogP contribution in [0.3, 0.4) is 0 Å². The van der Waals surface area contributed by atoms with Crippen LogP contribution < -0.4 is 5.32 Å². The van der Waals surface area contributed by atoms with Crippen molar-refractivity contribution in [2.24, 2.45) is 0 Å². The van der Waals surface area contributed by atoms with E-state index in [-0.39, 0.29) is 24.9 Å². The van der Waals surface area contributed by atoms with Gasteiger partial charge < -0.3 is 19.9 Å². The molecule has 0 bridgehead atoms. The van der Waals surface area contributed by atoms with Crippen molar-refractivity contribution in [1.82, 2.24) is 24.8 Å². The number of likely N-dealkylation sites (tertiary alicyclic amines) is 1. The Morgan fingerprint density at radius 1 is 1.00 bits per heavy atom. The average Bonchev–Trinajstić information content (AvgIpc) is 3.69. The van der Waals surface area contributed by atoms with Crippen LogP contribution in [0.25, 0.3) is 21.9 Å². The number of anilines is 1. The Morgan fingerprint density at radius 3 is 2.62 bits per heavy atom. The van der Waals surface area contributed by atoms with Gasteiger partial charge in [0, 0.05) is 29.9 Å². The summed E-state index contributed by atoms with van der Waals surface area (Å²) in [6.45, 7) is 1.65. The van der Waals surface area contributed by atoms with Crippen molar-refractivity contribution in [2.75, 3.05) is 18.4 Å². The van der Waals surface area contributed by atoms with E-state index in [0.29, 0.717) is 50.1 Å². The Kier molecular flexibility index (Phi) is 8.21. The van der Waals surface area contributed by atoms with Crippen LogP contribution >= 0.6 is 23.2 Å². The molecular formula is C31H28Cl2N6O3. The van der Waals surface area contributed by atoms with E-state index in [0.717, 1.165) is 37.0 Å².